The second-order valence-electron chi connectivity index (χ2n) is 5.43. The largest absolute Gasteiger partial charge is 0.481 e. The van der Waals surface area contributed by atoms with Gasteiger partial charge in [0.2, 0.25) is 0 Å². The summed E-state index contributed by atoms with van der Waals surface area (Å²) >= 11 is 0. The summed E-state index contributed by atoms with van der Waals surface area (Å²) < 4.78 is 5.64. The van der Waals surface area contributed by atoms with E-state index in [1.165, 1.54) is 5.39 Å². The Balaban J connectivity index is 1.64. The Morgan fingerprint density at radius 1 is 0.957 bits per heavy atom. The monoisotopic (exact) mass is 305 g/mol. The topological polar surface area (TPSA) is 38.3 Å². The van der Waals surface area contributed by atoms with E-state index >= 15 is 0 Å². The van der Waals surface area contributed by atoms with E-state index in [1.54, 1.807) is 6.92 Å². The van der Waals surface area contributed by atoms with Crippen molar-refractivity contribution in [2.24, 2.45) is 0 Å². The molecule has 0 bridgehead atoms. The Morgan fingerprint density at radius 2 is 1.65 bits per heavy atom. The van der Waals surface area contributed by atoms with E-state index in [1.807, 2.05) is 54.6 Å². The van der Waals surface area contributed by atoms with Crippen molar-refractivity contribution in [3.63, 3.8) is 0 Å². The number of hydrogen-bond donors (Lipinski definition) is 1. The quantitative estimate of drug-likeness (QED) is 0.776. The summed E-state index contributed by atoms with van der Waals surface area (Å²) in [5.74, 6) is 0.571. The van der Waals surface area contributed by atoms with Gasteiger partial charge in [-0.2, -0.15) is 0 Å². The molecular weight excluding hydrogens is 286 g/mol. The van der Waals surface area contributed by atoms with E-state index in [9.17, 15) is 4.79 Å². The average Bonchev–Trinajstić information content (AvgIpc) is 2.60. The van der Waals surface area contributed by atoms with Crippen molar-refractivity contribution in [2.75, 3.05) is 0 Å². The molecule has 0 aliphatic carbocycles. The lowest BCUT2D eigenvalue weighted by Gasteiger charge is -2.15. The third-order valence-electron chi connectivity index (χ3n) is 3.76. The summed E-state index contributed by atoms with van der Waals surface area (Å²) in [6.07, 6.45) is -0.535. The first-order valence-electron chi connectivity index (χ1n) is 7.70. The maximum atomic E-state index is 12.2. The van der Waals surface area contributed by atoms with E-state index in [4.69, 9.17) is 4.74 Å². The maximum absolute atomic E-state index is 12.2. The van der Waals surface area contributed by atoms with Crippen LogP contribution in [-0.4, -0.2) is 12.0 Å². The highest BCUT2D eigenvalue weighted by Crippen LogP contribution is 2.18. The first kappa shape index (κ1) is 15.1. The van der Waals surface area contributed by atoms with Gasteiger partial charge in [-0.05, 0) is 35.4 Å². The van der Waals surface area contributed by atoms with Crippen LogP contribution in [0.3, 0.4) is 0 Å². The average molecular weight is 305 g/mol. The van der Waals surface area contributed by atoms with Crippen molar-refractivity contribution in [3.05, 3.63) is 78.4 Å². The first-order valence-corrected chi connectivity index (χ1v) is 7.70. The molecule has 3 rings (SSSR count). The van der Waals surface area contributed by atoms with Gasteiger partial charge in [-0.1, -0.05) is 60.7 Å². The summed E-state index contributed by atoms with van der Waals surface area (Å²) in [5, 5.41) is 5.28. The number of fused-ring (bicyclic) bond motifs is 1. The van der Waals surface area contributed by atoms with Crippen molar-refractivity contribution in [1.29, 1.82) is 0 Å². The molecule has 1 atom stereocenters. The molecule has 3 heteroatoms. The van der Waals surface area contributed by atoms with Crippen LogP contribution in [0.1, 0.15) is 12.5 Å². The minimum absolute atomic E-state index is 0.123. The standard InChI is InChI=1S/C20H19NO2/c1-15(23-18-11-3-2-4-12-18)20(22)21-14-17-10-7-9-16-8-5-6-13-19(16)17/h2-13,15H,14H2,1H3,(H,21,22)/t15-/m1/s1. The molecule has 0 heterocycles. The van der Waals surface area contributed by atoms with Crippen molar-refractivity contribution < 1.29 is 9.53 Å². The number of para-hydroxylation sites is 1. The maximum Gasteiger partial charge on any atom is 0.261 e. The van der Waals surface area contributed by atoms with Gasteiger partial charge in [0.25, 0.3) is 5.91 Å². The fourth-order valence-electron chi connectivity index (χ4n) is 2.53. The van der Waals surface area contributed by atoms with Crippen LogP contribution in [-0.2, 0) is 11.3 Å². The molecule has 0 fully saturated rings. The molecule has 0 unspecified atom stereocenters. The Bertz CT molecular complexity index is 794. The van der Waals surface area contributed by atoms with Crippen molar-refractivity contribution >= 4 is 16.7 Å². The molecule has 3 aromatic carbocycles. The molecule has 23 heavy (non-hydrogen) atoms. The van der Waals surface area contributed by atoms with Gasteiger partial charge in [0.1, 0.15) is 5.75 Å². The van der Waals surface area contributed by atoms with Crippen LogP contribution in [0, 0.1) is 0 Å². The molecule has 1 N–H and O–H groups in total. The number of rotatable bonds is 5. The zero-order chi connectivity index (χ0) is 16.1. The fourth-order valence-corrected chi connectivity index (χ4v) is 2.53. The molecule has 0 aliphatic heterocycles. The van der Waals surface area contributed by atoms with Crippen LogP contribution in [0.15, 0.2) is 72.8 Å². The zero-order valence-electron chi connectivity index (χ0n) is 13.0. The Labute approximate surface area is 135 Å². The van der Waals surface area contributed by atoms with E-state index in [0.29, 0.717) is 12.3 Å². The summed E-state index contributed by atoms with van der Waals surface area (Å²) in [4.78, 5) is 12.2. The van der Waals surface area contributed by atoms with Crippen LogP contribution >= 0.6 is 0 Å². The smallest absolute Gasteiger partial charge is 0.261 e. The summed E-state index contributed by atoms with van der Waals surface area (Å²) in [7, 11) is 0. The fraction of sp³-hybridized carbons (Fsp3) is 0.150. The van der Waals surface area contributed by atoms with Gasteiger partial charge >= 0.3 is 0 Å². The minimum atomic E-state index is -0.535. The van der Waals surface area contributed by atoms with Gasteiger partial charge < -0.3 is 10.1 Å². The highest BCUT2D eigenvalue weighted by atomic mass is 16.5. The van der Waals surface area contributed by atoms with E-state index in [2.05, 4.69) is 23.5 Å². The highest BCUT2D eigenvalue weighted by molar-refractivity contribution is 5.86. The first-order chi connectivity index (χ1) is 11.2. The lowest BCUT2D eigenvalue weighted by Crippen LogP contribution is -2.35. The Hall–Kier alpha value is -2.81. The second kappa shape index (κ2) is 6.97. The van der Waals surface area contributed by atoms with Crippen LogP contribution in [0.4, 0.5) is 0 Å². The molecule has 0 spiro atoms. The van der Waals surface area contributed by atoms with E-state index in [-0.39, 0.29) is 5.91 Å². The Kier molecular flexibility index (Phi) is 4.57. The molecular formula is C20H19NO2. The SMILES string of the molecule is C[C@@H](Oc1ccccc1)C(=O)NCc1cccc2ccccc12. The predicted molar refractivity (Wildman–Crippen MR) is 92.3 cm³/mol. The molecule has 3 nitrogen and oxygen atoms in total. The third-order valence-corrected chi connectivity index (χ3v) is 3.76. The van der Waals surface area contributed by atoms with E-state index < -0.39 is 6.10 Å². The number of nitrogens with one attached hydrogen (secondary N) is 1. The third kappa shape index (κ3) is 3.69. The van der Waals surface area contributed by atoms with Crippen LogP contribution in [0.25, 0.3) is 10.8 Å². The van der Waals surface area contributed by atoms with E-state index in [0.717, 1.165) is 10.9 Å². The number of carbonyl (C=O) groups is 1. The summed E-state index contributed by atoms with van der Waals surface area (Å²) in [5.41, 5.74) is 1.10. The molecule has 0 aromatic heterocycles. The van der Waals surface area contributed by atoms with Crippen LogP contribution in [0.5, 0.6) is 5.75 Å². The van der Waals surface area contributed by atoms with Crippen LogP contribution < -0.4 is 10.1 Å². The van der Waals surface area contributed by atoms with Crippen LogP contribution in [0.2, 0.25) is 0 Å². The molecule has 0 saturated heterocycles. The molecule has 0 aliphatic rings. The molecule has 116 valence electrons. The van der Waals surface area contributed by atoms with Gasteiger partial charge in [0.15, 0.2) is 6.10 Å². The van der Waals surface area contributed by atoms with Crippen molar-refractivity contribution in [3.8, 4) is 5.75 Å². The van der Waals surface area contributed by atoms with Gasteiger partial charge in [-0.15, -0.1) is 0 Å². The predicted octanol–water partition coefficient (Wildman–Crippen LogP) is 3.92. The number of amides is 1. The normalized spacial score (nSPS) is 11.9. The van der Waals surface area contributed by atoms with Gasteiger partial charge in [0, 0.05) is 6.54 Å². The second-order valence-corrected chi connectivity index (χ2v) is 5.43. The summed E-state index contributed by atoms with van der Waals surface area (Å²) in [6.45, 7) is 2.24. The van der Waals surface area contributed by atoms with Crippen molar-refractivity contribution in [2.45, 2.75) is 19.6 Å². The molecule has 0 saturated carbocycles. The molecule has 1 amide bonds. The van der Waals surface area contributed by atoms with Gasteiger partial charge in [-0.3, -0.25) is 4.79 Å². The van der Waals surface area contributed by atoms with Gasteiger partial charge in [-0.25, -0.2) is 0 Å². The van der Waals surface area contributed by atoms with Crippen molar-refractivity contribution in [1.82, 2.24) is 5.32 Å². The van der Waals surface area contributed by atoms with Gasteiger partial charge in [0.05, 0.1) is 0 Å². The zero-order valence-corrected chi connectivity index (χ0v) is 13.0. The Morgan fingerprint density at radius 3 is 2.48 bits per heavy atom. The molecule has 0 radical (unpaired) electrons. The minimum Gasteiger partial charge on any atom is -0.481 e. The number of carbonyl (C=O) groups excluding carboxylic acids is 1. The number of ether oxygens (including phenoxy) is 1. The lowest BCUT2D eigenvalue weighted by atomic mass is 10.0. The molecule has 3 aromatic rings. The number of hydrogen-bond acceptors (Lipinski definition) is 2. The highest BCUT2D eigenvalue weighted by Gasteiger charge is 2.14. The summed E-state index contributed by atoms with van der Waals surface area (Å²) in [6, 6.07) is 23.6. The number of benzene rings is 3. The lowest BCUT2D eigenvalue weighted by molar-refractivity contribution is -0.127.